The van der Waals surface area contributed by atoms with E-state index in [1.165, 1.54) is 5.56 Å². The number of benzene rings is 2. The lowest BCUT2D eigenvalue weighted by Gasteiger charge is -2.10. The van der Waals surface area contributed by atoms with Crippen molar-refractivity contribution in [1.29, 1.82) is 0 Å². The Hall–Kier alpha value is -2.29. The number of carboxylic acids is 1. The fourth-order valence-electron chi connectivity index (χ4n) is 1.92. The zero-order valence-electron chi connectivity index (χ0n) is 11.7. The molecular weight excluding hydrogens is 252 g/mol. The Morgan fingerprint density at radius 1 is 1.10 bits per heavy atom. The molecule has 0 fully saturated rings. The number of carbonyl (C=O) groups is 1. The molecule has 0 spiro atoms. The fraction of sp³-hybridized carbons (Fsp3) is 0.235. The van der Waals surface area contributed by atoms with Crippen LogP contribution in [0.5, 0.6) is 11.5 Å². The average Bonchev–Trinajstić information content (AvgIpc) is 2.41. The van der Waals surface area contributed by atoms with Gasteiger partial charge in [0, 0.05) is 0 Å². The molecule has 0 aliphatic carbocycles. The van der Waals surface area contributed by atoms with Gasteiger partial charge in [0.05, 0.1) is 6.42 Å². The van der Waals surface area contributed by atoms with E-state index in [-0.39, 0.29) is 6.42 Å². The van der Waals surface area contributed by atoms with E-state index in [1.807, 2.05) is 18.2 Å². The van der Waals surface area contributed by atoms with Gasteiger partial charge in [-0.25, -0.2) is 0 Å². The minimum Gasteiger partial charge on any atom is -0.481 e. The van der Waals surface area contributed by atoms with Crippen molar-refractivity contribution >= 4 is 5.97 Å². The van der Waals surface area contributed by atoms with Gasteiger partial charge >= 0.3 is 5.97 Å². The summed E-state index contributed by atoms with van der Waals surface area (Å²) in [5.74, 6) is 1.13. The van der Waals surface area contributed by atoms with E-state index in [4.69, 9.17) is 9.84 Å². The van der Waals surface area contributed by atoms with Crippen molar-refractivity contribution in [2.24, 2.45) is 0 Å². The first-order chi connectivity index (χ1) is 9.54. The maximum Gasteiger partial charge on any atom is 0.307 e. The third-order valence-electron chi connectivity index (χ3n) is 3.04. The van der Waals surface area contributed by atoms with E-state index < -0.39 is 5.97 Å². The van der Waals surface area contributed by atoms with E-state index in [9.17, 15) is 4.79 Å². The number of aliphatic carboxylic acids is 1. The topological polar surface area (TPSA) is 46.5 Å². The van der Waals surface area contributed by atoms with Crippen LogP contribution >= 0.6 is 0 Å². The van der Waals surface area contributed by atoms with Crippen LogP contribution < -0.4 is 4.74 Å². The van der Waals surface area contributed by atoms with E-state index in [2.05, 4.69) is 19.9 Å². The van der Waals surface area contributed by atoms with Crippen LogP contribution in [0.25, 0.3) is 0 Å². The van der Waals surface area contributed by atoms with Gasteiger partial charge in [-0.3, -0.25) is 4.79 Å². The fourth-order valence-corrected chi connectivity index (χ4v) is 1.92. The summed E-state index contributed by atoms with van der Waals surface area (Å²) in [4.78, 5) is 10.6. The smallest absolute Gasteiger partial charge is 0.307 e. The largest absolute Gasteiger partial charge is 0.481 e. The highest BCUT2D eigenvalue weighted by molar-refractivity contribution is 5.70. The van der Waals surface area contributed by atoms with E-state index in [1.54, 1.807) is 24.3 Å². The molecule has 0 radical (unpaired) electrons. The number of hydrogen-bond donors (Lipinski definition) is 1. The van der Waals surface area contributed by atoms with Crippen LogP contribution in [0.4, 0.5) is 0 Å². The molecule has 0 aliphatic rings. The van der Waals surface area contributed by atoms with E-state index >= 15 is 0 Å². The quantitative estimate of drug-likeness (QED) is 0.884. The van der Waals surface area contributed by atoms with Crippen LogP contribution in [0.3, 0.4) is 0 Å². The summed E-state index contributed by atoms with van der Waals surface area (Å²) in [5.41, 5.74) is 1.99. The molecule has 3 nitrogen and oxygen atoms in total. The second-order valence-electron chi connectivity index (χ2n) is 5.04. The zero-order chi connectivity index (χ0) is 14.5. The maximum atomic E-state index is 10.6. The van der Waals surface area contributed by atoms with E-state index in [0.717, 1.165) is 11.3 Å². The monoisotopic (exact) mass is 270 g/mol. The molecule has 0 unspecified atom stereocenters. The summed E-state index contributed by atoms with van der Waals surface area (Å²) in [5, 5.41) is 8.72. The molecule has 0 saturated heterocycles. The van der Waals surface area contributed by atoms with Gasteiger partial charge in [-0.05, 0) is 41.3 Å². The van der Waals surface area contributed by atoms with Crippen molar-refractivity contribution in [3.63, 3.8) is 0 Å². The first-order valence-electron chi connectivity index (χ1n) is 6.63. The maximum absolute atomic E-state index is 10.6. The number of rotatable bonds is 5. The molecule has 0 amide bonds. The lowest BCUT2D eigenvalue weighted by atomic mass is 10.0. The van der Waals surface area contributed by atoms with Gasteiger partial charge in [0.1, 0.15) is 11.5 Å². The Kier molecular flexibility index (Phi) is 4.41. The van der Waals surface area contributed by atoms with Gasteiger partial charge in [-0.15, -0.1) is 0 Å². The molecule has 2 rings (SSSR count). The highest BCUT2D eigenvalue weighted by Gasteiger charge is 2.04. The molecule has 0 heterocycles. The van der Waals surface area contributed by atoms with Crippen molar-refractivity contribution in [3.05, 3.63) is 59.7 Å². The molecule has 0 aromatic heterocycles. The van der Waals surface area contributed by atoms with Gasteiger partial charge in [-0.1, -0.05) is 38.1 Å². The van der Waals surface area contributed by atoms with Crippen LogP contribution in [-0.4, -0.2) is 11.1 Å². The molecule has 2 aromatic carbocycles. The molecule has 2 aromatic rings. The van der Waals surface area contributed by atoms with Crippen LogP contribution in [-0.2, 0) is 11.2 Å². The minimum absolute atomic E-state index is 0.0309. The summed E-state index contributed by atoms with van der Waals surface area (Å²) in [6, 6.07) is 15.1. The molecule has 3 heteroatoms. The standard InChI is InChI=1S/C17H18O3/c1-12(2)14-4-3-5-16(11-14)20-15-8-6-13(7-9-15)10-17(18)19/h3-9,11-12H,10H2,1-2H3,(H,18,19). The molecular formula is C17H18O3. The average molecular weight is 270 g/mol. The lowest BCUT2D eigenvalue weighted by Crippen LogP contribution is -1.99. The predicted molar refractivity (Wildman–Crippen MR) is 78.4 cm³/mol. The van der Waals surface area contributed by atoms with Crippen molar-refractivity contribution in [1.82, 2.24) is 0 Å². The summed E-state index contributed by atoms with van der Waals surface area (Å²) >= 11 is 0. The molecule has 0 atom stereocenters. The summed E-state index contributed by atoms with van der Waals surface area (Å²) in [7, 11) is 0. The number of ether oxygens (including phenoxy) is 1. The van der Waals surface area contributed by atoms with Crippen molar-refractivity contribution in [3.8, 4) is 11.5 Å². The Bertz CT molecular complexity index is 585. The third kappa shape index (κ3) is 3.85. The summed E-state index contributed by atoms with van der Waals surface area (Å²) in [6.45, 7) is 4.28. The van der Waals surface area contributed by atoms with Crippen LogP contribution in [0, 0.1) is 0 Å². The first-order valence-corrected chi connectivity index (χ1v) is 6.63. The van der Waals surface area contributed by atoms with Crippen molar-refractivity contribution in [2.75, 3.05) is 0 Å². The van der Waals surface area contributed by atoms with Crippen molar-refractivity contribution < 1.29 is 14.6 Å². The normalized spacial score (nSPS) is 10.6. The summed E-state index contributed by atoms with van der Waals surface area (Å²) < 4.78 is 5.78. The van der Waals surface area contributed by atoms with Crippen LogP contribution in [0.2, 0.25) is 0 Å². The van der Waals surface area contributed by atoms with Gasteiger partial charge in [-0.2, -0.15) is 0 Å². The molecule has 0 bridgehead atoms. The van der Waals surface area contributed by atoms with E-state index in [0.29, 0.717) is 11.7 Å². The highest BCUT2D eigenvalue weighted by atomic mass is 16.5. The van der Waals surface area contributed by atoms with Crippen LogP contribution in [0.1, 0.15) is 30.9 Å². The Balaban J connectivity index is 2.10. The summed E-state index contributed by atoms with van der Waals surface area (Å²) in [6.07, 6.45) is 0.0309. The van der Waals surface area contributed by atoms with Crippen molar-refractivity contribution in [2.45, 2.75) is 26.2 Å². The molecule has 104 valence electrons. The van der Waals surface area contributed by atoms with Gasteiger partial charge in [0.15, 0.2) is 0 Å². The zero-order valence-corrected chi connectivity index (χ0v) is 11.7. The van der Waals surface area contributed by atoms with Crippen LogP contribution in [0.15, 0.2) is 48.5 Å². The molecule has 0 aliphatic heterocycles. The second-order valence-corrected chi connectivity index (χ2v) is 5.04. The second kappa shape index (κ2) is 6.24. The lowest BCUT2D eigenvalue weighted by molar-refractivity contribution is -0.136. The van der Waals surface area contributed by atoms with Gasteiger partial charge in [0.2, 0.25) is 0 Å². The van der Waals surface area contributed by atoms with Gasteiger partial charge in [0.25, 0.3) is 0 Å². The SMILES string of the molecule is CC(C)c1cccc(Oc2ccc(CC(=O)O)cc2)c1. The Morgan fingerprint density at radius 3 is 2.40 bits per heavy atom. The molecule has 20 heavy (non-hydrogen) atoms. The molecule has 0 saturated carbocycles. The Labute approximate surface area is 118 Å². The molecule has 1 N–H and O–H groups in total. The number of carboxylic acid groups (broad SMARTS) is 1. The number of hydrogen-bond acceptors (Lipinski definition) is 2. The first kappa shape index (κ1) is 14.1. The highest BCUT2D eigenvalue weighted by Crippen LogP contribution is 2.25. The minimum atomic E-state index is -0.830. The van der Waals surface area contributed by atoms with Gasteiger partial charge < -0.3 is 9.84 Å². The Morgan fingerprint density at radius 2 is 1.80 bits per heavy atom. The third-order valence-corrected chi connectivity index (χ3v) is 3.04. The predicted octanol–water partition coefficient (Wildman–Crippen LogP) is 4.23.